The van der Waals surface area contributed by atoms with Crippen molar-refractivity contribution in [2.45, 2.75) is 57.8 Å². The quantitative estimate of drug-likeness (QED) is 0.731. The van der Waals surface area contributed by atoms with Gasteiger partial charge in [0, 0.05) is 19.3 Å². The predicted molar refractivity (Wildman–Crippen MR) is 64.3 cm³/mol. The van der Waals surface area contributed by atoms with Crippen LogP contribution in [0.25, 0.3) is 0 Å². The average molecular weight is 227 g/mol. The SMILES string of the molecule is CC1CCNC1CCCOC1CCCCO1. The second kappa shape index (κ2) is 6.58. The molecule has 0 amide bonds. The van der Waals surface area contributed by atoms with Crippen molar-refractivity contribution in [3.8, 4) is 0 Å². The second-order valence-corrected chi connectivity index (χ2v) is 5.14. The van der Waals surface area contributed by atoms with E-state index in [4.69, 9.17) is 9.47 Å². The van der Waals surface area contributed by atoms with Gasteiger partial charge in [-0.05, 0) is 51.0 Å². The Morgan fingerprint density at radius 1 is 1.31 bits per heavy atom. The van der Waals surface area contributed by atoms with E-state index in [1.807, 2.05) is 0 Å². The summed E-state index contributed by atoms with van der Waals surface area (Å²) in [7, 11) is 0. The maximum atomic E-state index is 5.73. The highest BCUT2D eigenvalue weighted by Crippen LogP contribution is 2.19. The van der Waals surface area contributed by atoms with Crippen LogP contribution in [0.5, 0.6) is 0 Å². The average Bonchev–Trinajstić information content (AvgIpc) is 2.72. The van der Waals surface area contributed by atoms with Gasteiger partial charge in [-0.25, -0.2) is 0 Å². The molecule has 2 aliphatic rings. The summed E-state index contributed by atoms with van der Waals surface area (Å²) in [5.41, 5.74) is 0. The van der Waals surface area contributed by atoms with Crippen molar-refractivity contribution in [3.63, 3.8) is 0 Å². The van der Waals surface area contributed by atoms with Crippen molar-refractivity contribution in [2.24, 2.45) is 5.92 Å². The molecule has 2 aliphatic heterocycles. The van der Waals surface area contributed by atoms with Crippen LogP contribution in [0, 0.1) is 5.92 Å². The van der Waals surface area contributed by atoms with Crippen LogP contribution in [0.2, 0.25) is 0 Å². The van der Waals surface area contributed by atoms with Crippen LogP contribution in [0.1, 0.15) is 45.4 Å². The Kier molecular flexibility index (Phi) is 5.07. The Morgan fingerprint density at radius 2 is 2.25 bits per heavy atom. The molecule has 2 saturated heterocycles. The molecule has 3 heteroatoms. The molecular formula is C13H25NO2. The summed E-state index contributed by atoms with van der Waals surface area (Å²) in [6.07, 6.45) is 7.35. The predicted octanol–water partition coefficient (Wildman–Crippen LogP) is 2.31. The number of hydrogen-bond acceptors (Lipinski definition) is 3. The largest absolute Gasteiger partial charge is 0.353 e. The van der Waals surface area contributed by atoms with Crippen molar-refractivity contribution in [2.75, 3.05) is 19.8 Å². The highest BCUT2D eigenvalue weighted by Gasteiger charge is 2.22. The molecule has 0 saturated carbocycles. The zero-order valence-corrected chi connectivity index (χ0v) is 10.4. The zero-order chi connectivity index (χ0) is 11.2. The van der Waals surface area contributed by atoms with E-state index in [0.717, 1.165) is 38.0 Å². The lowest BCUT2D eigenvalue weighted by atomic mass is 9.99. The molecule has 0 bridgehead atoms. The Balaban J connectivity index is 1.51. The molecule has 16 heavy (non-hydrogen) atoms. The summed E-state index contributed by atoms with van der Waals surface area (Å²) < 4.78 is 11.3. The summed E-state index contributed by atoms with van der Waals surface area (Å²) in [6, 6.07) is 0.718. The van der Waals surface area contributed by atoms with Crippen LogP contribution in [0.4, 0.5) is 0 Å². The van der Waals surface area contributed by atoms with E-state index in [2.05, 4.69) is 12.2 Å². The first kappa shape index (κ1) is 12.3. The van der Waals surface area contributed by atoms with E-state index >= 15 is 0 Å². The van der Waals surface area contributed by atoms with Gasteiger partial charge in [-0.15, -0.1) is 0 Å². The van der Waals surface area contributed by atoms with Gasteiger partial charge < -0.3 is 14.8 Å². The molecule has 2 fully saturated rings. The van der Waals surface area contributed by atoms with Crippen LogP contribution >= 0.6 is 0 Å². The molecule has 2 heterocycles. The second-order valence-electron chi connectivity index (χ2n) is 5.14. The number of hydrogen-bond donors (Lipinski definition) is 1. The molecule has 0 spiro atoms. The molecule has 0 radical (unpaired) electrons. The van der Waals surface area contributed by atoms with Gasteiger partial charge in [-0.1, -0.05) is 6.92 Å². The molecule has 3 nitrogen and oxygen atoms in total. The molecule has 0 aromatic rings. The van der Waals surface area contributed by atoms with E-state index in [-0.39, 0.29) is 6.29 Å². The Bertz CT molecular complexity index is 192. The fraction of sp³-hybridized carbons (Fsp3) is 1.00. The fourth-order valence-corrected chi connectivity index (χ4v) is 2.65. The van der Waals surface area contributed by atoms with E-state index in [0.29, 0.717) is 0 Å². The minimum atomic E-state index is 0.0858. The van der Waals surface area contributed by atoms with Crippen molar-refractivity contribution >= 4 is 0 Å². The van der Waals surface area contributed by atoms with Crippen LogP contribution < -0.4 is 5.32 Å². The molecule has 0 aliphatic carbocycles. The van der Waals surface area contributed by atoms with E-state index in [9.17, 15) is 0 Å². The van der Waals surface area contributed by atoms with Crippen molar-refractivity contribution in [1.29, 1.82) is 0 Å². The van der Waals surface area contributed by atoms with Crippen molar-refractivity contribution in [3.05, 3.63) is 0 Å². The van der Waals surface area contributed by atoms with Crippen molar-refractivity contribution in [1.82, 2.24) is 5.32 Å². The molecule has 0 aromatic carbocycles. The highest BCUT2D eigenvalue weighted by molar-refractivity contribution is 4.80. The van der Waals surface area contributed by atoms with Crippen molar-refractivity contribution < 1.29 is 9.47 Å². The summed E-state index contributed by atoms with van der Waals surface area (Å²) >= 11 is 0. The number of nitrogens with one attached hydrogen (secondary N) is 1. The summed E-state index contributed by atoms with van der Waals surface area (Å²) in [6.45, 7) is 5.27. The molecule has 3 atom stereocenters. The van der Waals surface area contributed by atoms with Gasteiger partial charge in [0.25, 0.3) is 0 Å². The van der Waals surface area contributed by atoms with E-state index < -0.39 is 0 Å². The van der Waals surface area contributed by atoms with Gasteiger partial charge in [0.05, 0.1) is 0 Å². The van der Waals surface area contributed by atoms with Gasteiger partial charge in [0.1, 0.15) is 0 Å². The molecule has 1 N–H and O–H groups in total. The lowest BCUT2D eigenvalue weighted by Gasteiger charge is -2.23. The molecule has 0 aromatic heterocycles. The van der Waals surface area contributed by atoms with Gasteiger partial charge in [0.15, 0.2) is 6.29 Å². The van der Waals surface area contributed by atoms with E-state index in [1.165, 1.54) is 32.2 Å². The third-order valence-electron chi connectivity index (χ3n) is 3.79. The van der Waals surface area contributed by atoms with Crippen LogP contribution in [-0.4, -0.2) is 32.1 Å². The smallest absolute Gasteiger partial charge is 0.157 e. The maximum Gasteiger partial charge on any atom is 0.157 e. The van der Waals surface area contributed by atoms with Gasteiger partial charge in [-0.2, -0.15) is 0 Å². The summed E-state index contributed by atoms with van der Waals surface area (Å²) in [5.74, 6) is 0.839. The fourth-order valence-electron chi connectivity index (χ4n) is 2.65. The standard InChI is InChI=1S/C13H25NO2/c1-11-7-8-14-12(11)5-4-10-16-13-6-2-3-9-15-13/h11-14H,2-10H2,1H3. The lowest BCUT2D eigenvalue weighted by molar-refractivity contribution is -0.163. The summed E-state index contributed by atoms with van der Waals surface area (Å²) in [5, 5.41) is 3.56. The molecule has 94 valence electrons. The molecular weight excluding hydrogens is 202 g/mol. The first-order chi connectivity index (χ1) is 7.86. The first-order valence-electron chi connectivity index (χ1n) is 6.83. The van der Waals surface area contributed by atoms with Crippen LogP contribution in [0.15, 0.2) is 0 Å². The van der Waals surface area contributed by atoms with E-state index in [1.54, 1.807) is 0 Å². The van der Waals surface area contributed by atoms with Crippen LogP contribution in [0.3, 0.4) is 0 Å². The maximum absolute atomic E-state index is 5.73. The number of rotatable bonds is 5. The first-order valence-corrected chi connectivity index (χ1v) is 6.83. The Labute approximate surface area is 98.9 Å². The lowest BCUT2D eigenvalue weighted by Crippen LogP contribution is -2.27. The highest BCUT2D eigenvalue weighted by atomic mass is 16.7. The van der Waals surface area contributed by atoms with Gasteiger partial charge in [-0.3, -0.25) is 0 Å². The summed E-state index contributed by atoms with van der Waals surface area (Å²) in [4.78, 5) is 0. The normalized spacial score (nSPS) is 35.4. The molecule has 2 rings (SSSR count). The minimum absolute atomic E-state index is 0.0858. The van der Waals surface area contributed by atoms with Crippen LogP contribution in [-0.2, 0) is 9.47 Å². The zero-order valence-electron chi connectivity index (χ0n) is 10.4. The Hall–Kier alpha value is -0.120. The van der Waals surface area contributed by atoms with Gasteiger partial charge >= 0.3 is 0 Å². The van der Waals surface area contributed by atoms with Gasteiger partial charge in [0.2, 0.25) is 0 Å². The third kappa shape index (κ3) is 3.72. The Morgan fingerprint density at radius 3 is 2.94 bits per heavy atom. The number of ether oxygens (including phenoxy) is 2. The molecule has 3 unspecified atom stereocenters. The topological polar surface area (TPSA) is 30.5 Å². The minimum Gasteiger partial charge on any atom is -0.353 e. The third-order valence-corrected chi connectivity index (χ3v) is 3.79. The monoisotopic (exact) mass is 227 g/mol.